The van der Waals surface area contributed by atoms with Crippen molar-refractivity contribution in [3.05, 3.63) is 47.7 Å². The van der Waals surface area contributed by atoms with Gasteiger partial charge in [-0.05, 0) is 38.1 Å². The number of hydrogen-bond acceptors (Lipinski definition) is 5. The predicted molar refractivity (Wildman–Crippen MR) is 98.1 cm³/mol. The maximum absolute atomic E-state index is 12.1. The first kappa shape index (κ1) is 18.3. The van der Waals surface area contributed by atoms with Crippen molar-refractivity contribution < 1.29 is 14.0 Å². The van der Waals surface area contributed by atoms with Crippen LogP contribution >= 0.6 is 0 Å². The fraction of sp³-hybridized carbons (Fsp3) is 0.278. The fourth-order valence-corrected chi connectivity index (χ4v) is 2.28. The molecule has 0 saturated heterocycles. The molecule has 0 spiro atoms. The molecule has 0 bridgehead atoms. The lowest BCUT2D eigenvalue weighted by Gasteiger charge is -2.16. The highest BCUT2D eigenvalue weighted by atomic mass is 16.4. The van der Waals surface area contributed by atoms with E-state index in [1.54, 1.807) is 30.3 Å². The summed E-state index contributed by atoms with van der Waals surface area (Å²) in [4.78, 5) is 25.2. The quantitative estimate of drug-likeness (QED) is 0.598. The molecule has 7 nitrogen and oxygen atoms in total. The van der Waals surface area contributed by atoms with Crippen molar-refractivity contribution in [1.82, 2.24) is 5.43 Å². The van der Waals surface area contributed by atoms with Gasteiger partial charge in [-0.15, -0.1) is 0 Å². The first-order chi connectivity index (χ1) is 12.0. The Balaban J connectivity index is 1.97. The Morgan fingerprint density at radius 1 is 1.20 bits per heavy atom. The van der Waals surface area contributed by atoms with Crippen molar-refractivity contribution in [3.8, 4) is 0 Å². The predicted octanol–water partition coefficient (Wildman–Crippen LogP) is 2.85. The van der Waals surface area contributed by atoms with Gasteiger partial charge in [0.15, 0.2) is 5.88 Å². The average molecular weight is 342 g/mol. The highest BCUT2D eigenvalue weighted by molar-refractivity contribution is 5.97. The van der Waals surface area contributed by atoms with Crippen LogP contribution in [0.25, 0.3) is 0 Å². The zero-order valence-electron chi connectivity index (χ0n) is 14.6. The van der Waals surface area contributed by atoms with E-state index in [9.17, 15) is 9.59 Å². The van der Waals surface area contributed by atoms with Crippen molar-refractivity contribution >= 4 is 29.6 Å². The second-order valence-corrected chi connectivity index (χ2v) is 5.31. The number of carbonyl (C=O) groups is 2. The molecule has 0 atom stereocenters. The van der Waals surface area contributed by atoms with Gasteiger partial charge < -0.3 is 14.6 Å². The van der Waals surface area contributed by atoms with E-state index in [1.165, 1.54) is 13.1 Å². The molecular weight excluding hydrogens is 320 g/mol. The summed E-state index contributed by atoms with van der Waals surface area (Å²) in [6, 6.07) is 10.3. The van der Waals surface area contributed by atoms with Crippen LogP contribution in [-0.2, 0) is 4.79 Å². The molecule has 1 heterocycles. The molecule has 2 rings (SSSR count). The van der Waals surface area contributed by atoms with Gasteiger partial charge in [0.25, 0.3) is 5.91 Å². The summed E-state index contributed by atoms with van der Waals surface area (Å²) >= 11 is 0. The maximum Gasteiger partial charge on any atom is 0.271 e. The zero-order valence-corrected chi connectivity index (χ0v) is 14.6. The number of rotatable bonds is 7. The Labute approximate surface area is 146 Å². The van der Waals surface area contributed by atoms with Crippen LogP contribution in [-0.4, -0.2) is 31.1 Å². The maximum atomic E-state index is 12.1. The molecule has 7 heteroatoms. The van der Waals surface area contributed by atoms with Crippen LogP contribution in [0.5, 0.6) is 0 Å². The molecule has 0 unspecified atom stereocenters. The molecule has 0 fully saturated rings. The summed E-state index contributed by atoms with van der Waals surface area (Å²) in [5.74, 6) is 0.742. The van der Waals surface area contributed by atoms with E-state index in [0.717, 1.165) is 19.0 Å². The van der Waals surface area contributed by atoms with Gasteiger partial charge in [-0.3, -0.25) is 9.59 Å². The van der Waals surface area contributed by atoms with E-state index < -0.39 is 0 Å². The number of furan rings is 1. The first-order valence-electron chi connectivity index (χ1n) is 8.09. The molecule has 25 heavy (non-hydrogen) atoms. The van der Waals surface area contributed by atoms with Crippen LogP contribution < -0.4 is 15.6 Å². The number of nitrogens with zero attached hydrogens (tertiary/aromatic N) is 2. The van der Waals surface area contributed by atoms with Crippen molar-refractivity contribution in [3.63, 3.8) is 0 Å². The summed E-state index contributed by atoms with van der Waals surface area (Å²) in [6.45, 7) is 7.21. The number of carbonyl (C=O) groups excluding carboxylic acids is 2. The number of hydrazone groups is 1. The number of hydrogen-bond donors (Lipinski definition) is 2. The van der Waals surface area contributed by atoms with Gasteiger partial charge in [0.2, 0.25) is 5.91 Å². The van der Waals surface area contributed by atoms with Gasteiger partial charge in [-0.25, -0.2) is 5.43 Å². The van der Waals surface area contributed by atoms with Crippen molar-refractivity contribution in [2.45, 2.75) is 20.8 Å². The minimum atomic E-state index is -0.376. The smallest absolute Gasteiger partial charge is 0.271 e. The van der Waals surface area contributed by atoms with Crippen LogP contribution in [0.3, 0.4) is 0 Å². The lowest BCUT2D eigenvalue weighted by molar-refractivity contribution is -0.114. The van der Waals surface area contributed by atoms with E-state index in [1.807, 2.05) is 6.07 Å². The normalized spacial score (nSPS) is 10.7. The van der Waals surface area contributed by atoms with Gasteiger partial charge in [0.1, 0.15) is 5.76 Å². The Kier molecular flexibility index (Phi) is 6.33. The number of benzene rings is 1. The molecule has 0 aliphatic carbocycles. The molecule has 0 aliphatic rings. The Morgan fingerprint density at radius 3 is 2.64 bits per heavy atom. The molecule has 132 valence electrons. The first-order valence-corrected chi connectivity index (χ1v) is 8.09. The minimum Gasteiger partial charge on any atom is -0.440 e. The highest BCUT2D eigenvalue weighted by Gasteiger charge is 2.08. The van der Waals surface area contributed by atoms with Gasteiger partial charge in [0, 0.05) is 37.3 Å². The minimum absolute atomic E-state index is 0.197. The molecule has 2 N–H and O–H groups in total. The largest absolute Gasteiger partial charge is 0.440 e. The third-order valence-electron chi connectivity index (χ3n) is 3.49. The molecule has 2 amide bonds. The van der Waals surface area contributed by atoms with Gasteiger partial charge in [-0.2, -0.15) is 5.10 Å². The number of anilines is 2. The Bertz CT molecular complexity index is 763. The second-order valence-electron chi connectivity index (χ2n) is 5.31. The molecule has 2 aromatic rings. The third-order valence-corrected chi connectivity index (χ3v) is 3.49. The van der Waals surface area contributed by atoms with Gasteiger partial charge >= 0.3 is 0 Å². The lowest BCUT2D eigenvalue weighted by atomic mass is 10.2. The van der Waals surface area contributed by atoms with Crippen LogP contribution in [0.2, 0.25) is 0 Å². The van der Waals surface area contributed by atoms with Crippen LogP contribution in [0, 0.1) is 0 Å². The molecule has 0 saturated carbocycles. The highest BCUT2D eigenvalue weighted by Crippen LogP contribution is 2.17. The molecular formula is C18H22N4O3. The van der Waals surface area contributed by atoms with Crippen LogP contribution in [0.4, 0.5) is 11.6 Å². The summed E-state index contributed by atoms with van der Waals surface area (Å²) < 4.78 is 5.66. The number of amides is 2. The molecule has 1 aromatic carbocycles. The van der Waals surface area contributed by atoms with E-state index in [4.69, 9.17) is 4.42 Å². The third kappa shape index (κ3) is 5.20. The summed E-state index contributed by atoms with van der Waals surface area (Å²) in [5, 5.41) is 6.54. The molecule has 0 aliphatic heterocycles. The molecule has 0 radical (unpaired) electrons. The van der Waals surface area contributed by atoms with E-state index >= 15 is 0 Å². The summed E-state index contributed by atoms with van der Waals surface area (Å²) in [7, 11) is 0. The Morgan fingerprint density at radius 2 is 1.96 bits per heavy atom. The number of nitrogens with one attached hydrogen (secondary N) is 2. The topological polar surface area (TPSA) is 86.9 Å². The van der Waals surface area contributed by atoms with Gasteiger partial charge in [-0.1, -0.05) is 6.07 Å². The fourth-order valence-electron chi connectivity index (χ4n) is 2.28. The lowest BCUT2D eigenvalue weighted by Crippen LogP contribution is -2.20. The van der Waals surface area contributed by atoms with Crippen LogP contribution in [0.15, 0.2) is 45.9 Å². The summed E-state index contributed by atoms with van der Waals surface area (Å²) in [5.41, 5.74) is 3.39. The average Bonchev–Trinajstić information content (AvgIpc) is 3.04. The summed E-state index contributed by atoms with van der Waals surface area (Å²) in [6.07, 6.45) is 1.45. The van der Waals surface area contributed by atoms with Crippen molar-refractivity contribution in [1.29, 1.82) is 0 Å². The SMILES string of the molecule is CCN(CC)c1ccc(C=NNC(=O)c2cccc(NC(C)=O)c2)o1. The monoisotopic (exact) mass is 342 g/mol. The van der Waals surface area contributed by atoms with Crippen LogP contribution in [0.1, 0.15) is 36.9 Å². The van der Waals surface area contributed by atoms with Crippen molar-refractivity contribution in [2.75, 3.05) is 23.3 Å². The molecule has 1 aromatic heterocycles. The van der Waals surface area contributed by atoms with Gasteiger partial charge in [0.05, 0.1) is 6.21 Å². The second kappa shape index (κ2) is 8.68. The Hall–Kier alpha value is -3.09. The van der Waals surface area contributed by atoms with E-state index in [0.29, 0.717) is 17.0 Å². The standard InChI is InChI=1S/C18H22N4O3/c1-4-22(5-2)17-10-9-16(25-17)12-19-21-18(24)14-7-6-8-15(11-14)20-13(3)23/h6-12H,4-5H2,1-3H3,(H,20,23)(H,21,24). The van der Waals surface area contributed by atoms with Crippen molar-refractivity contribution in [2.24, 2.45) is 5.10 Å². The van der Waals surface area contributed by atoms with E-state index in [-0.39, 0.29) is 11.8 Å². The zero-order chi connectivity index (χ0) is 18.2. The van der Waals surface area contributed by atoms with E-state index in [2.05, 4.69) is 34.6 Å².